The van der Waals surface area contributed by atoms with Gasteiger partial charge < -0.3 is 0 Å². The summed E-state index contributed by atoms with van der Waals surface area (Å²) in [6, 6.07) is 4.16. The van der Waals surface area contributed by atoms with Crippen molar-refractivity contribution in [3.63, 3.8) is 0 Å². The monoisotopic (exact) mass is 266 g/mol. The maximum absolute atomic E-state index is 12.9. The first kappa shape index (κ1) is 13.3. The zero-order chi connectivity index (χ0) is 13.0. The topological polar surface area (TPSA) is 17.1 Å². The van der Waals surface area contributed by atoms with E-state index in [4.69, 9.17) is 11.6 Å². The standard InChI is InChI=1S/C15H16ClFO/c16-15-10-13(17)7-6-12(15)9-14(18)8-11-4-2-1-3-5-11/h6-8,10H,1-5,9H2. The van der Waals surface area contributed by atoms with Crippen LogP contribution in [0.15, 0.2) is 29.8 Å². The largest absolute Gasteiger partial charge is 0.294 e. The number of carbonyl (C=O) groups is 1. The minimum atomic E-state index is -0.373. The van der Waals surface area contributed by atoms with E-state index in [9.17, 15) is 9.18 Å². The van der Waals surface area contributed by atoms with E-state index in [1.165, 1.54) is 37.0 Å². The molecule has 0 atom stereocenters. The van der Waals surface area contributed by atoms with Crippen LogP contribution in [0.1, 0.15) is 37.7 Å². The molecular weight excluding hydrogens is 251 g/mol. The Morgan fingerprint density at radius 2 is 2.00 bits per heavy atom. The van der Waals surface area contributed by atoms with E-state index in [-0.39, 0.29) is 18.0 Å². The van der Waals surface area contributed by atoms with Crippen molar-refractivity contribution in [2.45, 2.75) is 38.5 Å². The molecule has 1 aliphatic rings. The fourth-order valence-corrected chi connectivity index (χ4v) is 2.52. The lowest BCUT2D eigenvalue weighted by atomic mass is 9.93. The third-order valence-electron chi connectivity index (χ3n) is 3.24. The summed E-state index contributed by atoms with van der Waals surface area (Å²) in [5.41, 5.74) is 1.93. The molecule has 1 aliphatic carbocycles. The van der Waals surface area contributed by atoms with E-state index in [2.05, 4.69) is 0 Å². The normalized spacial score (nSPS) is 15.6. The van der Waals surface area contributed by atoms with Gasteiger partial charge in [-0.1, -0.05) is 29.7 Å². The molecule has 1 nitrogen and oxygen atoms in total. The Kier molecular flexibility index (Phi) is 4.54. The number of hydrogen-bond donors (Lipinski definition) is 0. The summed E-state index contributed by atoms with van der Waals surface area (Å²) in [6.45, 7) is 0. The second kappa shape index (κ2) is 6.14. The minimum absolute atomic E-state index is 0.0559. The van der Waals surface area contributed by atoms with Crippen LogP contribution in [0.4, 0.5) is 4.39 Å². The van der Waals surface area contributed by atoms with Gasteiger partial charge in [-0.2, -0.15) is 0 Å². The highest BCUT2D eigenvalue weighted by Crippen LogP contribution is 2.23. The summed E-state index contributed by atoms with van der Waals surface area (Å²) in [4.78, 5) is 11.9. The molecule has 1 aromatic rings. The highest BCUT2D eigenvalue weighted by molar-refractivity contribution is 6.31. The zero-order valence-corrected chi connectivity index (χ0v) is 11.0. The van der Waals surface area contributed by atoms with Gasteiger partial charge in [-0.3, -0.25) is 4.79 Å². The van der Waals surface area contributed by atoms with Crippen molar-refractivity contribution in [1.82, 2.24) is 0 Å². The molecule has 0 aromatic heterocycles. The Balaban J connectivity index is 2.02. The molecule has 1 fully saturated rings. The first-order valence-electron chi connectivity index (χ1n) is 6.31. The van der Waals surface area contributed by atoms with Crippen molar-refractivity contribution in [2.24, 2.45) is 0 Å². The van der Waals surface area contributed by atoms with Crippen molar-refractivity contribution in [2.75, 3.05) is 0 Å². The van der Waals surface area contributed by atoms with Crippen LogP contribution in [0.2, 0.25) is 5.02 Å². The molecule has 0 aliphatic heterocycles. The second-order valence-corrected chi connectivity index (χ2v) is 5.15. The molecule has 0 amide bonds. The lowest BCUT2D eigenvalue weighted by molar-refractivity contribution is -0.114. The van der Waals surface area contributed by atoms with Crippen molar-refractivity contribution in [3.8, 4) is 0 Å². The van der Waals surface area contributed by atoms with Crippen LogP contribution < -0.4 is 0 Å². The van der Waals surface area contributed by atoms with E-state index < -0.39 is 0 Å². The van der Waals surface area contributed by atoms with Crippen LogP contribution in [-0.2, 0) is 11.2 Å². The molecule has 0 N–H and O–H groups in total. The molecule has 0 radical (unpaired) electrons. The molecule has 0 heterocycles. The SMILES string of the molecule is O=C(C=C1CCCCC1)Cc1ccc(F)cc1Cl. The summed E-state index contributed by atoms with van der Waals surface area (Å²) < 4.78 is 12.9. The van der Waals surface area contributed by atoms with Gasteiger partial charge in [-0.15, -0.1) is 0 Å². The maximum atomic E-state index is 12.9. The molecule has 18 heavy (non-hydrogen) atoms. The Hall–Kier alpha value is -1.15. The van der Waals surface area contributed by atoms with Crippen LogP contribution in [0.5, 0.6) is 0 Å². The molecule has 0 saturated heterocycles. The number of rotatable bonds is 3. The molecule has 0 unspecified atom stereocenters. The first-order valence-corrected chi connectivity index (χ1v) is 6.69. The first-order chi connectivity index (χ1) is 8.65. The summed E-state index contributed by atoms with van der Waals surface area (Å²) in [6.07, 6.45) is 7.68. The van der Waals surface area contributed by atoms with Gasteiger partial charge in [0.1, 0.15) is 5.82 Å². The third kappa shape index (κ3) is 3.67. The maximum Gasteiger partial charge on any atom is 0.160 e. The minimum Gasteiger partial charge on any atom is -0.294 e. The van der Waals surface area contributed by atoms with Crippen molar-refractivity contribution < 1.29 is 9.18 Å². The smallest absolute Gasteiger partial charge is 0.160 e. The highest BCUT2D eigenvalue weighted by Gasteiger charge is 2.10. The average molecular weight is 267 g/mol. The van der Waals surface area contributed by atoms with Crippen molar-refractivity contribution in [1.29, 1.82) is 0 Å². The van der Waals surface area contributed by atoms with E-state index in [0.29, 0.717) is 10.6 Å². The average Bonchev–Trinajstić information content (AvgIpc) is 2.34. The predicted octanol–water partition coefficient (Wildman–Crippen LogP) is 4.48. The number of benzene rings is 1. The lowest BCUT2D eigenvalue weighted by Gasteiger charge is -2.13. The summed E-state index contributed by atoms with van der Waals surface area (Å²) in [5, 5.41) is 0.324. The molecule has 1 saturated carbocycles. The quantitative estimate of drug-likeness (QED) is 0.737. The summed E-state index contributed by atoms with van der Waals surface area (Å²) in [7, 11) is 0. The number of ketones is 1. The number of halogens is 2. The molecule has 0 bridgehead atoms. The van der Waals surface area contributed by atoms with Gasteiger partial charge >= 0.3 is 0 Å². The van der Waals surface area contributed by atoms with Gasteiger partial charge in [-0.25, -0.2) is 4.39 Å². The van der Waals surface area contributed by atoms with Gasteiger partial charge in [0.05, 0.1) is 0 Å². The lowest BCUT2D eigenvalue weighted by Crippen LogP contribution is -2.03. The predicted molar refractivity (Wildman–Crippen MR) is 71.3 cm³/mol. The van der Waals surface area contributed by atoms with E-state index in [1.807, 2.05) is 0 Å². The van der Waals surface area contributed by atoms with E-state index in [1.54, 1.807) is 12.1 Å². The fraction of sp³-hybridized carbons (Fsp3) is 0.400. The molecule has 1 aromatic carbocycles. The third-order valence-corrected chi connectivity index (χ3v) is 3.59. The van der Waals surface area contributed by atoms with Crippen LogP contribution >= 0.6 is 11.6 Å². The number of hydrogen-bond acceptors (Lipinski definition) is 1. The van der Waals surface area contributed by atoms with Crippen LogP contribution in [0.3, 0.4) is 0 Å². The van der Waals surface area contributed by atoms with E-state index >= 15 is 0 Å². The molecule has 0 spiro atoms. The van der Waals surface area contributed by atoms with Crippen LogP contribution in [0, 0.1) is 5.82 Å². The number of allylic oxidation sites excluding steroid dienone is 2. The Morgan fingerprint density at radius 1 is 1.28 bits per heavy atom. The van der Waals surface area contributed by atoms with Crippen molar-refractivity contribution >= 4 is 17.4 Å². The second-order valence-electron chi connectivity index (χ2n) is 4.74. The molecule has 3 heteroatoms. The van der Waals surface area contributed by atoms with Gasteiger partial charge in [0.25, 0.3) is 0 Å². The Labute approximate surface area is 112 Å². The van der Waals surface area contributed by atoms with Gasteiger partial charge in [0.15, 0.2) is 5.78 Å². The van der Waals surface area contributed by atoms with E-state index in [0.717, 1.165) is 12.8 Å². The number of carbonyl (C=O) groups excluding carboxylic acids is 1. The Bertz CT molecular complexity index is 471. The molecular formula is C15H16ClFO. The fourth-order valence-electron chi connectivity index (χ4n) is 2.28. The highest BCUT2D eigenvalue weighted by atomic mass is 35.5. The molecule has 2 rings (SSSR count). The van der Waals surface area contributed by atoms with Crippen molar-refractivity contribution in [3.05, 3.63) is 46.3 Å². The van der Waals surface area contributed by atoms with Crippen LogP contribution in [0.25, 0.3) is 0 Å². The van der Waals surface area contributed by atoms with Crippen LogP contribution in [-0.4, -0.2) is 5.78 Å². The summed E-state index contributed by atoms with van der Waals surface area (Å²) >= 11 is 5.90. The Morgan fingerprint density at radius 3 is 2.67 bits per heavy atom. The zero-order valence-electron chi connectivity index (χ0n) is 10.2. The van der Waals surface area contributed by atoms with Gasteiger partial charge in [0.2, 0.25) is 0 Å². The molecule has 96 valence electrons. The summed E-state index contributed by atoms with van der Waals surface area (Å²) in [5.74, 6) is -0.317. The van der Waals surface area contributed by atoms with Gasteiger partial charge in [-0.05, 0) is 49.5 Å². The van der Waals surface area contributed by atoms with Gasteiger partial charge in [0, 0.05) is 11.4 Å².